The first kappa shape index (κ1) is 17.4. The molecule has 1 N–H and O–H groups in total. The van der Waals surface area contributed by atoms with Crippen LogP contribution in [-0.2, 0) is 16.1 Å². The van der Waals surface area contributed by atoms with Crippen molar-refractivity contribution >= 4 is 5.97 Å². The van der Waals surface area contributed by atoms with E-state index >= 15 is 0 Å². The first-order chi connectivity index (χ1) is 9.67. The molecule has 4 nitrogen and oxygen atoms in total. The van der Waals surface area contributed by atoms with Crippen molar-refractivity contribution in [3.8, 4) is 5.75 Å². The minimum atomic E-state index is -0.511. The van der Waals surface area contributed by atoms with Crippen molar-refractivity contribution < 1.29 is 18.7 Å². The fourth-order valence-corrected chi connectivity index (χ4v) is 1.57. The van der Waals surface area contributed by atoms with Crippen LogP contribution in [0.15, 0.2) is 18.2 Å². The van der Waals surface area contributed by atoms with E-state index in [1.807, 2.05) is 20.8 Å². The normalized spacial score (nSPS) is 11.6. The minimum absolute atomic E-state index is 0.0355. The Hall–Kier alpha value is -1.62. The van der Waals surface area contributed by atoms with Gasteiger partial charge in [0, 0.05) is 12.1 Å². The molecule has 21 heavy (non-hydrogen) atoms. The number of nitrogens with one attached hydrogen (secondary N) is 1. The summed E-state index contributed by atoms with van der Waals surface area (Å²) in [6.45, 7) is 9.89. The van der Waals surface area contributed by atoms with Gasteiger partial charge in [-0.05, 0) is 52.3 Å². The smallest absolute Gasteiger partial charge is 0.344 e. The lowest BCUT2D eigenvalue weighted by Gasteiger charge is -2.20. The number of hydrogen-bond donors (Lipinski definition) is 1. The molecule has 118 valence electrons. The topological polar surface area (TPSA) is 47.6 Å². The van der Waals surface area contributed by atoms with Gasteiger partial charge in [-0.25, -0.2) is 9.18 Å². The van der Waals surface area contributed by atoms with Crippen LogP contribution in [-0.4, -0.2) is 24.2 Å². The Morgan fingerprint density at radius 2 is 2.00 bits per heavy atom. The highest BCUT2D eigenvalue weighted by Gasteiger charge is 2.12. The third-order valence-electron chi connectivity index (χ3n) is 2.53. The number of hydrogen-bond acceptors (Lipinski definition) is 4. The highest BCUT2D eigenvalue weighted by Crippen LogP contribution is 2.19. The molecule has 0 bridgehead atoms. The van der Waals surface area contributed by atoms with Crippen LogP contribution in [0, 0.1) is 5.82 Å². The lowest BCUT2D eigenvalue weighted by atomic mass is 10.1. The van der Waals surface area contributed by atoms with Crippen LogP contribution in [0.5, 0.6) is 5.75 Å². The maximum atomic E-state index is 13.9. The maximum Gasteiger partial charge on any atom is 0.344 e. The van der Waals surface area contributed by atoms with Crippen molar-refractivity contribution in [3.05, 3.63) is 29.6 Å². The van der Waals surface area contributed by atoms with Gasteiger partial charge in [-0.1, -0.05) is 6.07 Å². The zero-order valence-corrected chi connectivity index (χ0v) is 13.3. The standard InChI is InChI=1S/C16H24FNO3/c1-11(2)21-15(19)10-20-14-7-6-12(8-13(14)17)9-18-16(3,4)5/h6-8,11,18H,9-10H2,1-5H3. The SMILES string of the molecule is CC(C)OC(=O)COc1ccc(CNC(C)(C)C)cc1F. The van der Waals surface area contributed by atoms with E-state index in [-0.39, 0.29) is 24.0 Å². The van der Waals surface area contributed by atoms with E-state index in [2.05, 4.69) is 5.32 Å². The Morgan fingerprint density at radius 1 is 1.33 bits per heavy atom. The number of halogens is 1. The van der Waals surface area contributed by atoms with Gasteiger partial charge in [-0.3, -0.25) is 0 Å². The van der Waals surface area contributed by atoms with E-state index in [9.17, 15) is 9.18 Å². The minimum Gasteiger partial charge on any atom is -0.479 e. The second-order valence-electron chi connectivity index (χ2n) is 6.20. The third kappa shape index (κ3) is 7.09. The molecule has 0 spiro atoms. The van der Waals surface area contributed by atoms with Gasteiger partial charge in [-0.15, -0.1) is 0 Å². The van der Waals surface area contributed by atoms with Gasteiger partial charge in [0.15, 0.2) is 18.2 Å². The van der Waals surface area contributed by atoms with E-state index in [0.29, 0.717) is 6.54 Å². The molecule has 0 saturated carbocycles. The van der Waals surface area contributed by atoms with Crippen LogP contribution >= 0.6 is 0 Å². The molecule has 0 unspecified atom stereocenters. The van der Waals surface area contributed by atoms with Gasteiger partial charge in [0.05, 0.1) is 6.10 Å². The molecular weight excluding hydrogens is 273 g/mol. The summed E-state index contributed by atoms with van der Waals surface area (Å²) in [7, 11) is 0. The Bertz CT molecular complexity index is 481. The summed E-state index contributed by atoms with van der Waals surface area (Å²) < 4.78 is 23.9. The predicted molar refractivity (Wildman–Crippen MR) is 79.7 cm³/mol. The van der Waals surface area contributed by atoms with Crippen LogP contribution < -0.4 is 10.1 Å². The summed E-state index contributed by atoms with van der Waals surface area (Å²) in [6, 6.07) is 4.70. The molecule has 1 rings (SSSR count). The lowest BCUT2D eigenvalue weighted by molar-refractivity contribution is -0.149. The van der Waals surface area contributed by atoms with E-state index in [1.54, 1.807) is 19.9 Å². The van der Waals surface area contributed by atoms with Crippen molar-refractivity contribution in [1.82, 2.24) is 5.32 Å². The number of ether oxygens (including phenoxy) is 2. The highest BCUT2D eigenvalue weighted by molar-refractivity contribution is 5.71. The molecule has 1 aromatic carbocycles. The van der Waals surface area contributed by atoms with Crippen LogP contribution in [0.2, 0.25) is 0 Å². The summed E-state index contributed by atoms with van der Waals surface area (Å²) in [4.78, 5) is 11.3. The molecule has 0 radical (unpaired) electrons. The largest absolute Gasteiger partial charge is 0.479 e. The van der Waals surface area contributed by atoms with Crippen molar-refractivity contribution in [2.45, 2.75) is 52.8 Å². The molecular formula is C16H24FNO3. The van der Waals surface area contributed by atoms with E-state index < -0.39 is 11.8 Å². The molecule has 5 heteroatoms. The van der Waals surface area contributed by atoms with Gasteiger partial charge < -0.3 is 14.8 Å². The lowest BCUT2D eigenvalue weighted by Crippen LogP contribution is -2.35. The van der Waals surface area contributed by atoms with Crippen LogP contribution in [0.25, 0.3) is 0 Å². The van der Waals surface area contributed by atoms with Gasteiger partial charge >= 0.3 is 5.97 Å². The zero-order chi connectivity index (χ0) is 16.0. The third-order valence-corrected chi connectivity index (χ3v) is 2.53. The van der Waals surface area contributed by atoms with E-state index in [1.165, 1.54) is 12.1 Å². The number of carbonyl (C=O) groups excluding carboxylic acids is 1. The Balaban J connectivity index is 2.56. The number of benzene rings is 1. The quantitative estimate of drug-likeness (QED) is 0.820. The number of esters is 1. The van der Waals surface area contributed by atoms with Crippen molar-refractivity contribution in [1.29, 1.82) is 0 Å². The molecule has 0 heterocycles. The fraction of sp³-hybridized carbons (Fsp3) is 0.562. The first-order valence-corrected chi connectivity index (χ1v) is 7.03. The van der Waals surface area contributed by atoms with Crippen LogP contribution in [0.1, 0.15) is 40.2 Å². The average molecular weight is 297 g/mol. The van der Waals surface area contributed by atoms with Gasteiger partial charge in [-0.2, -0.15) is 0 Å². The summed E-state index contributed by atoms with van der Waals surface area (Å²) in [6.07, 6.45) is -0.211. The Morgan fingerprint density at radius 3 is 2.52 bits per heavy atom. The number of rotatable bonds is 6. The fourth-order valence-electron chi connectivity index (χ4n) is 1.57. The molecule has 0 amide bonds. The summed E-state index contributed by atoms with van der Waals surface area (Å²) in [5.74, 6) is -0.946. The Kier molecular flexibility index (Phi) is 6.15. The van der Waals surface area contributed by atoms with Gasteiger partial charge in [0.1, 0.15) is 0 Å². The van der Waals surface area contributed by atoms with E-state index in [0.717, 1.165) is 5.56 Å². The van der Waals surface area contributed by atoms with Crippen LogP contribution in [0.3, 0.4) is 0 Å². The van der Waals surface area contributed by atoms with Crippen LogP contribution in [0.4, 0.5) is 4.39 Å². The Labute approximate surface area is 125 Å². The van der Waals surface area contributed by atoms with Crippen molar-refractivity contribution in [3.63, 3.8) is 0 Å². The second-order valence-corrected chi connectivity index (χ2v) is 6.20. The molecule has 0 saturated heterocycles. The average Bonchev–Trinajstić information content (AvgIpc) is 2.33. The monoisotopic (exact) mass is 297 g/mol. The molecule has 0 aliphatic carbocycles. The molecule has 0 atom stereocenters. The van der Waals surface area contributed by atoms with Crippen molar-refractivity contribution in [2.75, 3.05) is 6.61 Å². The number of carbonyl (C=O) groups is 1. The second kappa shape index (κ2) is 7.41. The first-order valence-electron chi connectivity index (χ1n) is 7.03. The summed E-state index contributed by atoms with van der Waals surface area (Å²) >= 11 is 0. The zero-order valence-electron chi connectivity index (χ0n) is 13.3. The molecule has 0 fully saturated rings. The molecule has 0 aromatic heterocycles. The highest BCUT2D eigenvalue weighted by atomic mass is 19.1. The maximum absolute atomic E-state index is 13.9. The van der Waals surface area contributed by atoms with E-state index in [4.69, 9.17) is 9.47 Å². The molecule has 0 aliphatic rings. The van der Waals surface area contributed by atoms with Gasteiger partial charge in [0.25, 0.3) is 0 Å². The van der Waals surface area contributed by atoms with Crippen molar-refractivity contribution in [2.24, 2.45) is 0 Å². The summed E-state index contributed by atoms with van der Waals surface area (Å²) in [5.41, 5.74) is 0.784. The van der Waals surface area contributed by atoms with Gasteiger partial charge in [0.2, 0.25) is 0 Å². The predicted octanol–water partition coefficient (Wildman–Crippen LogP) is 3.04. The molecule has 0 aliphatic heterocycles. The molecule has 1 aromatic rings. The summed E-state index contributed by atoms with van der Waals surface area (Å²) in [5, 5.41) is 3.28.